The van der Waals surface area contributed by atoms with Crippen LogP contribution in [0.2, 0.25) is 0 Å². The van der Waals surface area contributed by atoms with Gasteiger partial charge in [-0.15, -0.1) is 0 Å². The molecule has 1 aromatic rings. The first-order valence-corrected chi connectivity index (χ1v) is 13.0. The maximum Gasteiger partial charge on any atom is 0.257 e. The van der Waals surface area contributed by atoms with Crippen molar-refractivity contribution in [1.29, 1.82) is 0 Å². The lowest BCUT2D eigenvalue weighted by Gasteiger charge is -2.36. The van der Waals surface area contributed by atoms with Crippen molar-refractivity contribution in [3.63, 3.8) is 0 Å². The van der Waals surface area contributed by atoms with E-state index >= 15 is 0 Å². The molecule has 1 saturated carbocycles. The summed E-state index contributed by atoms with van der Waals surface area (Å²) in [6, 6.07) is 6.48. The molecular formula is C29H43N3O3. The van der Waals surface area contributed by atoms with Gasteiger partial charge in [-0.3, -0.25) is 4.79 Å². The summed E-state index contributed by atoms with van der Waals surface area (Å²) in [5.41, 5.74) is 2.62. The van der Waals surface area contributed by atoms with Crippen molar-refractivity contribution >= 4 is 5.91 Å². The van der Waals surface area contributed by atoms with Gasteiger partial charge in [0.15, 0.2) is 0 Å². The van der Waals surface area contributed by atoms with E-state index in [1.807, 2.05) is 55.2 Å². The van der Waals surface area contributed by atoms with Gasteiger partial charge in [0.05, 0.1) is 19.3 Å². The average Bonchev–Trinajstić information content (AvgIpc) is 3.43. The minimum Gasteiger partial charge on any atom is -0.496 e. The number of benzene rings is 1. The third-order valence-electron chi connectivity index (χ3n) is 7.15. The summed E-state index contributed by atoms with van der Waals surface area (Å²) in [6.45, 7) is 12.8. The van der Waals surface area contributed by atoms with Gasteiger partial charge in [-0.1, -0.05) is 31.1 Å². The normalized spacial score (nSPS) is 17.5. The molecule has 192 valence electrons. The molecular weight excluding hydrogens is 438 g/mol. The SMILES string of the molecule is C=C(/C=C\C(=C/C)OCCCN(C)C1CCCC1)N1CCN(C(=O)c2cc(C)ccc2OC)CC1. The standard InChI is InChI=1S/C29H43N3O3/c1-6-26(35-21-9-16-30(4)25-10-7-8-11-25)14-13-24(3)31-17-19-32(20-18-31)29(33)27-22-23(2)12-15-28(27)34-5/h6,12-15,22,25H,3,7-11,16-21H2,1-2,4-5H3/b14-13-,26-6+. The number of carbonyl (C=O) groups is 1. The number of carbonyl (C=O) groups excluding carboxylic acids is 1. The first kappa shape index (κ1) is 26.9. The number of rotatable bonds is 11. The Morgan fingerprint density at radius 3 is 2.49 bits per heavy atom. The molecule has 6 nitrogen and oxygen atoms in total. The third-order valence-corrected chi connectivity index (χ3v) is 7.15. The molecule has 0 bridgehead atoms. The molecule has 2 fully saturated rings. The Balaban J connectivity index is 1.42. The molecule has 0 N–H and O–H groups in total. The van der Waals surface area contributed by atoms with E-state index in [2.05, 4.69) is 23.4 Å². The van der Waals surface area contributed by atoms with Crippen LogP contribution in [0.4, 0.5) is 0 Å². The fraction of sp³-hybridized carbons (Fsp3) is 0.552. The highest BCUT2D eigenvalue weighted by molar-refractivity contribution is 5.97. The lowest BCUT2D eigenvalue weighted by molar-refractivity contribution is 0.0669. The Morgan fingerprint density at radius 2 is 1.83 bits per heavy atom. The van der Waals surface area contributed by atoms with Crippen LogP contribution < -0.4 is 4.74 Å². The Labute approximate surface area is 211 Å². The second-order valence-electron chi connectivity index (χ2n) is 9.62. The molecule has 0 radical (unpaired) electrons. The van der Waals surface area contributed by atoms with Gasteiger partial charge >= 0.3 is 0 Å². The van der Waals surface area contributed by atoms with Gasteiger partial charge < -0.3 is 24.2 Å². The number of methoxy groups -OCH3 is 1. The van der Waals surface area contributed by atoms with Crippen LogP contribution in [0.3, 0.4) is 0 Å². The van der Waals surface area contributed by atoms with E-state index in [4.69, 9.17) is 9.47 Å². The van der Waals surface area contributed by atoms with Crippen LogP contribution in [-0.4, -0.2) is 80.1 Å². The van der Waals surface area contributed by atoms with Crippen LogP contribution in [-0.2, 0) is 4.74 Å². The Kier molecular flexibility index (Phi) is 10.3. The topological polar surface area (TPSA) is 45.2 Å². The summed E-state index contributed by atoms with van der Waals surface area (Å²) in [6.07, 6.45) is 12.5. The number of aryl methyl sites for hydroxylation is 1. The molecule has 0 aromatic heterocycles. The van der Waals surface area contributed by atoms with E-state index in [9.17, 15) is 4.79 Å². The predicted molar refractivity (Wildman–Crippen MR) is 143 cm³/mol. The molecule has 0 unspecified atom stereocenters. The molecule has 0 spiro atoms. The average molecular weight is 482 g/mol. The molecule has 3 rings (SSSR count). The quantitative estimate of drug-likeness (QED) is 0.252. The van der Waals surface area contributed by atoms with Gasteiger partial charge in [0.25, 0.3) is 5.91 Å². The highest BCUT2D eigenvalue weighted by Gasteiger charge is 2.24. The fourth-order valence-electron chi connectivity index (χ4n) is 4.90. The molecule has 1 aliphatic heterocycles. The van der Waals surface area contributed by atoms with Gasteiger partial charge in [0, 0.05) is 44.5 Å². The summed E-state index contributed by atoms with van der Waals surface area (Å²) in [4.78, 5) is 19.7. The van der Waals surface area contributed by atoms with Gasteiger partial charge in [0.2, 0.25) is 0 Å². The van der Waals surface area contributed by atoms with E-state index in [-0.39, 0.29) is 5.91 Å². The monoisotopic (exact) mass is 481 g/mol. The number of amides is 1. The van der Waals surface area contributed by atoms with Gasteiger partial charge in [-0.2, -0.15) is 0 Å². The van der Waals surface area contributed by atoms with Crippen molar-refractivity contribution < 1.29 is 14.3 Å². The summed E-state index contributed by atoms with van der Waals surface area (Å²) in [7, 11) is 3.84. The molecule has 6 heteroatoms. The van der Waals surface area contributed by atoms with Gasteiger partial charge in [-0.25, -0.2) is 0 Å². The molecule has 1 aromatic carbocycles. The van der Waals surface area contributed by atoms with Crippen LogP contribution in [0.1, 0.15) is 54.9 Å². The van der Waals surface area contributed by atoms with E-state index in [1.165, 1.54) is 25.7 Å². The van der Waals surface area contributed by atoms with Crippen molar-refractivity contribution in [1.82, 2.24) is 14.7 Å². The zero-order valence-electron chi connectivity index (χ0n) is 22.1. The maximum atomic E-state index is 13.1. The van der Waals surface area contributed by atoms with Gasteiger partial charge in [0.1, 0.15) is 11.5 Å². The first-order chi connectivity index (χ1) is 16.9. The first-order valence-electron chi connectivity index (χ1n) is 13.0. The highest BCUT2D eigenvalue weighted by Crippen LogP contribution is 2.23. The van der Waals surface area contributed by atoms with Gasteiger partial charge in [-0.05, 0) is 70.5 Å². The molecule has 1 aliphatic carbocycles. The van der Waals surface area contributed by atoms with Crippen LogP contribution in [0.5, 0.6) is 5.75 Å². The summed E-state index contributed by atoms with van der Waals surface area (Å²) in [5, 5.41) is 0. The maximum absolute atomic E-state index is 13.1. The number of piperazine rings is 1. The van der Waals surface area contributed by atoms with Crippen molar-refractivity contribution in [3.8, 4) is 5.75 Å². The summed E-state index contributed by atoms with van der Waals surface area (Å²) < 4.78 is 11.4. The highest BCUT2D eigenvalue weighted by atomic mass is 16.5. The second-order valence-corrected chi connectivity index (χ2v) is 9.62. The van der Waals surface area contributed by atoms with Crippen LogP contribution >= 0.6 is 0 Å². The molecule has 1 heterocycles. The van der Waals surface area contributed by atoms with Crippen LogP contribution in [0.15, 0.2) is 54.5 Å². The Bertz CT molecular complexity index is 910. The fourth-order valence-corrected chi connectivity index (χ4v) is 4.90. The molecule has 1 saturated heterocycles. The number of hydrogen-bond acceptors (Lipinski definition) is 5. The van der Waals surface area contributed by atoms with Crippen LogP contribution in [0, 0.1) is 6.92 Å². The minimum atomic E-state index is 0.0227. The van der Waals surface area contributed by atoms with Crippen molar-refractivity contribution in [3.05, 3.63) is 65.6 Å². The Hall–Kier alpha value is -2.73. The lowest BCUT2D eigenvalue weighted by Crippen LogP contribution is -2.48. The Morgan fingerprint density at radius 1 is 1.14 bits per heavy atom. The molecule has 35 heavy (non-hydrogen) atoms. The summed E-state index contributed by atoms with van der Waals surface area (Å²) in [5.74, 6) is 1.52. The second kappa shape index (κ2) is 13.4. The number of allylic oxidation sites excluding steroid dienone is 3. The van der Waals surface area contributed by atoms with Crippen molar-refractivity contribution in [2.45, 2.75) is 52.0 Å². The molecule has 1 amide bonds. The summed E-state index contributed by atoms with van der Waals surface area (Å²) >= 11 is 0. The number of ether oxygens (including phenoxy) is 2. The lowest BCUT2D eigenvalue weighted by atomic mass is 10.1. The zero-order chi connectivity index (χ0) is 25.2. The smallest absolute Gasteiger partial charge is 0.257 e. The predicted octanol–water partition coefficient (Wildman–Crippen LogP) is 5.02. The number of nitrogens with zero attached hydrogens (tertiary/aromatic N) is 3. The van der Waals surface area contributed by atoms with Crippen LogP contribution in [0.25, 0.3) is 0 Å². The minimum absolute atomic E-state index is 0.0227. The van der Waals surface area contributed by atoms with E-state index in [0.717, 1.165) is 55.7 Å². The van der Waals surface area contributed by atoms with Crippen molar-refractivity contribution in [2.24, 2.45) is 0 Å². The van der Waals surface area contributed by atoms with E-state index in [0.29, 0.717) is 24.4 Å². The zero-order valence-corrected chi connectivity index (χ0v) is 22.1. The van der Waals surface area contributed by atoms with E-state index in [1.54, 1.807) is 7.11 Å². The molecule has 0 atom stereocenters. The largest absolute Gasteiger partial charge is 0.496 e. The van der Waals surface area contributed by atoms with Crippen molar-refractivity contribution in [2.75, 3.05) is 53.5 Å². The number of hydrogen-bond donors (Lipinski definition) is 0. The third kappa shape index (κ3) is 7.63. The molecule has 2 aliphatic rings. The van der Waals surface area contributed by atoms with E-state index < -0.39 is 0 Å².